The number of hydrogen-bond donors (Lipinski definition) is 1. The van der Waals surface area contributed by atoms with Crippen molar-refractivity contribution in [2.75, 3.05) is 13.2 Å². The molecule has 1 aliphatic rings. The number of carbonyl (C=O) groups is 2. The van der Waals surface area contributed by atoms with Crippen LogP contribution >= 0.6 is 0 Å². The number of morpholine rings is 1. The van der Waals surface area contributed by atoms with Gasteiger partial charge in [0, 0.05) is 11.8 Å². The third-order valence-electron chi connectivity index (χ3n) is 4.46. The van der Waals surface area contributed by atoms with Crippen molar-refractivity contribution < 1.29 is 19.4 Å². The molecule has 25 heavy (non-hydrogen) atoms. The zero-order valence-electron chi connectivity index (χ0n) is 14.2. The lowest BCUT2D eigenvalue weighted by atomic mass is 10.0. The average Bonchev–Trinajstić information content (AvgIpc) is 2.62. The molecule has 0 aliphatic carbocycles. The van der Waals surface area contributed by atoms with Crippen LogP contribution in [-0.2, 0) is 4.74 Å². The summed E-state index contributed by atoms with van der Waals surface area (Å²) in [7, 11) is 0. The Balaban J connectivity index is 1.85. The Kier molecular flexibility index (Phi) is 4.81. The Hall–Kier alpha value is -2.73. The standard InChI is InChI=1S/C19H20N2O4/c1-12-5-3-4-6-15(12)17-10-21(13(2)11-25-17)18(22)14-7-8-20-16(9-14)19(23)24/h3-9,13,17H,10-11H2,1-2H3,(H,23,24). The van der Waals surface area contributed by atoms with Gasteiger partial charge in [-0.05, 0) is 37.1 Å². The van der Waals surface area contributed by atoms with Crippen LogP contribution in [0.25, 0.3) is 0 Å². The summed E-state index contributed by atoms with van der Waals surface area (Å²) in [6.45, 7) is 4.80. The molecule has 0 saturated carbocycles. The SMILES string of the molecule is Cc1ccccc1C1CN(C(=O)c2ccnc(C(=O)O)c2)C(C)CO1. The minimum absolute atomic E-state index is 0.0887. The first-order valence-corrected chi connectivity index (χ1v) is 8.15. The maximum absolute atomic E-state index is 12.9. The third kappa shape index (κ3) is 3.53. The first-order chi connectivity index (χ1) is 12.0. The smallest absolute Gasteiger partial charge is 0.354 e. The fourth-order valence-corrected chi connectivity index (χ4v) is 3.02. The van der Waals surface area contributed by atoms with Gasteiger partial charge in [0.2, 0.25) is 0 Å². The van der Waals surface area contributed by atoms with E-state index in [9.17, 15) is 9.59 Å². The maximum Gasteiger partial charge on any atom is 0.354 e. The lowest BCUT2D eigenvalue weighted by Crippen LogP contribution is -2.48. The topological polar surface area (TPSA) is 79.7 Å². The second-order valence-electron chi connectivity index (χ2n) is 6.22. The van der Waals surface area contributed by atoms with E-state index in [1.807, 2.05) is 38.1 Å². The van der Waals surface area contributed by atoms with Crippen molar-refractivity contribution in [2.45, 2.75) is 26.0 Å². The largest absolute Gasteiger partial charge is 0.477 e. The number of nitrogens with zero attached hydrogens (tertiary/aromatic N) is 2. The van der Waals surface area contributed by atoms with E-state index in [4.69, 9.17) is 9.84 Å². The van der Waals surface area contributed by atoms with Crippen LogP contribution in [0.2, 0.25) is 0 Å². The van der Waals surface area contributed by atoms with E-state index in [0.29, 0.717) is 18.7 Å². The predicted molar refractivity (Wildman–Crippen MR) is 91.6 cm³/mol. The molecule has 0 bridgehead atoms. The number of aryl methyl sites for hydroxylation is 1. The Morgan fingerprint density at radius 3 is 2.76 bits per heavy atom. The fourth-order valence-electron chi connectivity index (χ4n) is 3.02. The van der Waals surface area contributed by atoms with E-state index in [2.05, 4.69) is 4.98 Å². The molecule has 1 saturated heterocycles. The quantitative estimate of drug-likeness (QED) is 0.929. The summed E-state index contributed by atoms with van der Waals surface area (Å²) >= 11 is 0. The van der Waals surface area contributed by atoms with Crippen LogP contribution in [0, 0.1) is 6.92 Å². The number of hydrogen-bond acceptors (Lipinski definition) is 4. The number of rotatable bonds is 3. The van der Waals surface area contributed by atoms with Crippen molar-refractivity contribution in [2.24, 2.45) is 0 Å². The van der Waals surface area contributed by atoms with Crippen LogP contribution < -0.4 is 0 Å². The van der Waals surface area contributed by atoms with Gasteiger partial charge < -0.3 is 14.7 Å². The van der Waals surface area contributed by atoms with Gasteiger partial charge in [0.25, 0.3) is 5.91 Å². The molecular weight excluding hydrogens is 320 g/mol. The molecule has 130 valence electrons. The summed E-state index contributed by atoms with van der Waals surface area (Å²) in [4.78, 5) is 29.5. The molecule has 1 aromatic carbocycles. The zero-order chi connectivity index (χ0) is 18.0. The molecular formula is C19H20N2O4. The molecule has 0 spiro atoms. The number of ether oxygens (including phenoxy) is 1. The summed E-state index contributed by atoms with van der Waals surface area (Å²) in [5, 5.41) is 9.07. The van der Waals surface area contributed by atoms with Gasteiger partial charge in [-0.3, -0.25) is 4.79 Å². The van der Waals surface area contributed by atoms with Gasteiger partial charge in [0.15, 0.2) is 0 Å². The number of aromatic nitrogens is 1. The van der Waals surface area contributed by atoms with Gasteiger partial charge in [-0.15, -0.1) is 0 Å². The van der Waals surface area contributed by atoms with Crippen LogP contribution in [0.4, 0.5) is 0 Å². The van der Waals surface area contributed by atoms with Gasteiger partial charge in [-0.1, -0.05) is 24.3 Å². The summed E-state index contributed by atoms with van der Waals surface area (Å²) in [5.41, 5.74) is 2.37. The van der Waals surface area contributed by atoms with Crippen molar-refractivity contribution in [1.82, 2.24) is 9.88 Å². The number of carboxylic acids is 1. The first-order valence-electron chi connectivity index (χ1n) is 8.15. The van der Waals surface area contributed by atoms with Crippen LogP contribution in [0.3, 0.4) is 0 Å². The number of benzene rings is 1. The molecule has 1 fully saturated rings. The Bertz CT molecular complexity index is 806. The number of amides is 1. The molecule has 2 heterocycles. The molecule has 2 aromatic rings. The highest BCUT2D eigenvalue weighted by Crippen LogP contribution is 2.28. The monoisotopic (exact) mass is 340 g/mol. The van der Waals surface area contributed by atoms with Crippen LogP contribution in [-0.4, -0.2) is 46.1 Å². The molecule has 1 aliphatic heterocycles. The molecule has 6 heteroatoms. The molecule has 6 nitrogen and oxygen atoms in total. The van der Waals surface area contributed by atoms with Crippen molar-refractivity contribution in [1.29, 1.82) is 0 Å². The molecule has 2 atom stereocenters. The highest BCUT2D eigenvalue weighted by atomic mass is 16.5. The molecule has 2 unspecified atom stereocenters. The molecule has 1 N–H and O–H groups in total. The van der Waals surface area contributed by atoms with Crippen molar-refractivity contribution in [3.8, 4) is 0 Å². The summed E-state index contributed by atoms with van der Waals surface area (Å²) in [6.07, 6.45) is 1.16. The van der Waals surface area contributed by atoms with Crippen LogP contribution in [0.1, 0.15) is 45.0 Å². The Morgan fingerprint density at radius 2 is 2.04 bits per heavy atom. The number of aromatic carboxylic acids is 1. The summed E-state index contributed by atoms with van der Waals surface area (Å²) in [5.74, 6) is -1.36. The Labute approximate surface area is 146 Å². The van der Waals surface area contributed by atoms with Gasteiger partial charge in [0.1, 0.15) is 11.8 Å². The van der Waals surface area contributed by atoms with Crippen molar-refractivity contribution in [3.05, 3.63) is 65.0 Å². The predicted octanol–water partition coefficient (Wildman–Crippen LogP) is 2.69. The normalized spacial score (nSPS) is 20.3. The van der Waals surface area contributed by atoms with Crippen molar-refractivity contribution in [3.63, 3.8) is 0 Å². The van der Waals surface area contributed by atoms with Crippen LogP contribution in [0.15, 0.2) is 42.6 Å². The van der Waals surface area contributed by atoms with Crippen molar-refractivity contribution >= 4 is 11.9 Å². The zero-order valence-corrected chi connectivity index (χ0v) is 14.2. The lowest BCUT2D eigenvalue weighted by Gasteiger charge is -2.38. The summed E-state index contributed by atoms with van der Waals surface area (Å²) in [6, 6.07) is 10.7. The van der Waals surface area contributed by atoms with E-state index in [1.54, 1.807) is 11.0 Å². The van der Waals surface area contributed by atoms with Crippen LogP contribution in [0.5, 0.6) is 0 Å². The van der Waals surface area contributed by atoms with E-state index < -0.39 is 5.97 Å². The maximum atomic E-state index is 12.9. The fraction of sp³-hybridized carbons (Fsp3) is 0.316. The average molecular weight is 340 g/mol. The number of carboxylic acid groups (broad SMARTS) is 1. The minimum atomic E-state index is -1.15. The van der Waals surface area contributed by atoms with E-state index in [0.717, 1.165) is 11.1 Å². The second kappa shape index (κ2) is 7.03. The number of pyridine rings is 1. The van der Waals surface area contributed by atoms with E-state index in [-0.39, 0.29) is 23.7 Å². The lowest BCUT2D eigenvalue weighted by molar-refractivity contribution is -0.0489. The highest BCUT2D eigenvalue weighted by molar-refractivity contribution is 5.96. The highest BCUT2D eigenvalue weighted by Gasteiger charge is 2.31. The van der Waals surface area contributed by atoms with Gasteiger partial charge >= 0.3 is 5.97 Å². The first kappa shape index (κ1) is 17.1. The third-order valence-corrected chi connectivity index (χ3v) is 4.46. The molecule has 3 rings (SSSR count). The Morgan fingerprint density at radius 1 is 1.28 bits per heavy atom. The molecule has 0 radical (unpaired) electrons. The minimum Gasteiger partial charge on any atom is -0.477 e. The van der Waals surface area contributed by atoms with Gasteiger partial charge in [0.05, 0.1) is 19.2 Å². The summed E-state index contributed by atoms with van der Waals surface area (Å²) < 4.78 is 5.93. The molecule has 1 amide bonds. The molecule has 1 aromatic heterocycles. The van der Waals surface area contributed by atoms with E-state index >= 15 is 0 Å². The van der Waals surface area contributed by atoms with E-state index in [1.165, 1.54) is 12.3 Å². The second-order valence-corrected chi connectivity index (χ2v) is 6.22. The van der Waals surface area contributed by atoms with Gasteiger partial charge in [-0.25, -0.2) is 9.78 Å². The van der Waals surface area contributed by atoms with Gasteiger partial charge in [-0.2, -0.15) is 0 Å². The number of carbonyl (C=O) groups excluding carboxylic acids is 1.